The minimum Gasteiger partial charge on any atom is -0.512 e. The number of aryl methyl sites for hydroxylation is 1. The Morgan fingerprint density at radius 2 is 2.33 bits per heavy atom. The van der Waals surface area contributed by atoms with Gasteiger partial charge in [0, 0.05) is 6.42 Å². The molecule has 0 saturated heterocycles. The maximum Gasteiger partial charge on any atom is 0.334 e. The van der Waals surface area contributed by atoms with Crippen LogP contribution in [0.5, 0.6) is 0 Å². The molecular formula is C14H18O3S. The van der Waals surface area contributed by atoms with Crippen LogP contribution in [0.2, 0.25) is 0 Å². The standard InChI is InChI=1S/C14H18O3S/c1-10(2)14(5-3-11-4-6-18-9-11)8-12(15)7-13(16)17-14/h4,6-7,9-10,15H,3,5,8H2,1-2H3. The van der Waals surface area contributed by atoms with Crippen molar-refractivity contribution < 1.29 is 14.6 Å². The number of carbonyl (C=O) groups excluding carboxylic acids is 1. The zero-order chi connectivity index (χ0) is 13.2. The number of esters is 1. The molecule has 0 spiro atoms. The van der Waals surface area contributed by atoms with Gasteiger partial charge in [0.05, 0.1) is 6.08 Å². The van der Waals surface area contributed by atoms with Crippen molar-refractivity contribution in [2.45, 2.75) is 38.7 Å². The Morgan fingerprint density at radius 3 is 2.89 bits per heavy atom. The molecule has 98 valence electrons. The van der Waals surface area contributed by atoms with E-state index in [1.807, 2.05) is 19.2 Å². The van der Waals surface area contributed by atoms with E-state index in [1.54, 1.807) is 11.3 Å². The lowest BCUT2D eigenvalue weighted by molar-refractivity contribution is -0.163. The molecule has 1 unspecified atom stereocenters. The number of rotatable bonds is 4. The first-order chi connectivity index (χ1) is 8.52. The fraction of sp³-hybridized carbons (Fsp3) is 0.500. The zero-order valence-electron chi connectivity index (χ0n) is 10.7. The van der Waals surface area contributed by atoms with Gasteiger partial charge in [-0.15, -0.1) is 0 Å². The molecule has 1 aliphatic rings. The fourth-order valence-electron chi connectivity index (χ4n) is 2.30. The monoisotopic (exact) mass is 266 g/mol. The lowest BCUT2D eigenvalue weighted by Crippen LogP contribution is -2.43. The SMILES string of the molecule is CC(C)C1(CCc2ccsc2)CC(O)=CC(=O)O1. The van der Waals surface area contributed by atoms with Gasteiger partial charge in [0.25, 0.3) is 0 Å². The first-order valence-corrected chi connectivity index (χ1v) is 7.10. The van der Waals surface area contributed by atoms with Crippen LogP contribution in [-0.2, 0) is 16.0 Å². The minimum absolute atomic E-state index is 0.130. The molecule has 18 heavy (non-hydrogen) atoms. The normalized spacial score (nSPS) is 23.9. The molecule has 0 bridgehead atoms. The molecule has 0 aromatic carbocycles. The van der Waals surface area contributed by atoms with Crippen molar-refractivity contribution >= 4 is 17.3 Å². The summed E-state index contributed by atoms with van der Waals surface area (Å²) < 4.78 is 5.53. The number of aliphatic hydroxyl groups is 1. The van der Waals surface area contributed by atoms with E-state index in [9.17, 15) is 9.90 Å². The van der Waals surface area contributed by atoms with Crippen LogP contribution in [0.1, 0.15) is 32.3 Å². The van der Waals surface area contributed by atoms with Crippen LogP contribution in [-0.4, -0.2) is 16.7 Å². The summed E-state index contributed by atoms with van der Waals surface area (Å²) in [4.78, 5) is 11.5. The quantitative estimate of drug-likeness (QED) is 0.849. The number of hydrogen-bond acceptors (Lipinski definition) is 4. The first kappa shape index (κ1) is 13.1. The van der Waals surface area contributed by atoms with Crippen LogP contribution in [0.3, 0.4) is 0 Å². The summed E-state index contributed by atoms with van der Waals surface area (Å²) in [7, 11) is 0. The molecule has 0 saturated carbocycles. The second kappa shape index (κ2) is 5.14. The smallest absolute Gasteiger partial charge is 0.334 e. The Bertz CT molecular complexity index is 448. The van der Waals surface area contributed by atoms with Gasteiger partial charge in [-0.2, -0.15) is 11.3 Å². The predicted octanol–water partition coefficient (Wildman–Crippen LogP) is 3.46. The second-order valence-corrected chi connectivity index (χ2v) is 5.86. The predicted molar refractivity (Wildman–Crippen MR) is 71.6 cm³/mol. The summed E-state index contributed by atoms with van der Waals surface area (Å²) in [5.41, 5.74) is 0.683. The molecular weight excluding hydrogens is 248 g/mol. The number of hydrogen-bond donors (Lipinski definition) is 1. The number of ether oxygens (including phenoxy) is 1. The van der Waals surface area contributed by atoms with E-state index in [2.05, 4.69) is 11.4 Å². The van der Waals surface area contributed by atoms with Crippen LogP contribution in [0.4, 0.5) is 0 Å². The van der Waals surface area contributed by atoms with Crippen molar-refractivity contribution in [2.75, 3.05) is 0 Å². The zero-order valence-corrected chi connectivity index (χ0v) is 11.5. The lowest BCUT2D eigenvalue weighted by Gasteiger charge is -2.38. The topological polar surface area (TPSA) is 46.5 Å². The van der Waals surface area contributed by atoms with E-state index in [1.165, 1.54) is 11.6 Å². The molecule has 1 aromatic rings. The van der Waals surface area contributed by atoms with Gasteiger partial charge in [0.2, 0.25) is 0 Å². The molecule has 2 rings (SSSR count). The number of carbonyl (C=O) groups is 1. The maximum atomic E-state index is 11.5. The third kappa shape index (κ3) is 2.75. The lowest BCUT2D eigenvalue weighted by atomic mass is 9.80. The maximum absolute atomic E-state index is 11.5. The largest absolute Gasteiger partial charge is 0.512 e. The molecule has 1 atom stereocenters. The van der Waals surface area contributed by atoms with Crippen LogP contribution >= 0.6 is 11.3 Å². The average molecular weight is 266 g/mol. The van der Waals surface area contributed by atoms with E-state index >= 15 is 0 Å². The molecule has 1 N–H and O–H groups in total. The van der Waals surface area contributed by atoms with E-state index < -0.39 is 11.6 Å². The Balaban J connectivity index is 2.12. The van der Waals surface area contributed by atoms with E-state index in [-0.39, 0.29) is 11.7 Å². The second-order valence-electron chi connectivity index (χ2n) is 5.08. The Labute approximate surface area is 111 Å². The van der Waals surface area contributed by atoms with Gasteiger partial charge in [0.15, 0.2) is 0 Å². The molecule has 1 aromatic heterocycles. The van der Waals surface area contributed by atoms with Crippen LogP contribution in [0, 0.1) is 5.92 Å². The highest BCUT2D eigenvalue weighted by Gasteiger charge is 2.41. The van der Waals surface area contributed by atoms with E-state index in [0.717, 1.165) is 12.8 Å². The summed E-state index contributed by atoms with van der Waals surface area (Å²) in [6.45, 7) is 4.05. The van der Waals surface area contributed by atoms with Gasteiger partial charge < -0.3 is 9.84 Å². The van der Waals surface area contributed by atoms with Crippen molar-refractivity contribution in [3.05, 3.63) is 34.2 Å². The summed E-state index contributed by atoms with van der Waals surface area (Å²) in [5, 5.41) is 13.8. The van der Waals surface area contributed by atoms with Crippen molar-refractivity contribution in [1.82, 2.24) is 0 Å². The van der Waals surface area contributed by atoms with Gasteiger partial charge in [-0.25, -0.2) is 4.79 Å². The molecule has 0 amide bonds. The Hall–Kier alpha value is -1.29. The Morgan fingerprint density at radius 1 is 1.56 bits per heavy atom. The van der Waals surface area contributed by atoms with E-state index in [0.29, 0.717) is 6.42 Å². The number of cyclic esters (lactones) is 1. The minimum atomic E-state index is -0.572. The first-order valence-electron chi connectivity index (χ1n) is 6.15. The van der Waals surface area contributed by atoms with Gasteiger partial charge >= 0.3 is 5.97 Å². The Kier molecular flexibility index (Phi) is 3.76. The van der Waals surface area contributed by atoms with Gasteiger partial charge in [-0.1, -0.05) is 13.8 Å². The molecule has 3 nitrogen and oxygen atoms in total. The third-order valence-electron chi connectivity index (χ3n) is 3.54. The van der Waals surface area contributed by atoms with Gasteiger partial charge in [-0.05, 0) is 41.1 Å². The fourth-order valence-corrected chi connectivity index (χ4v) is 3.00. The average Bonchev–Trinajstić information content (AvgIpc) is 2.77. The summed E-state index contributed by atoms with van der Waals surface area (Å²) >= 11 is 1.67. The number of thiophene rings is 1. The van der Waals surface area contributed by atoms with Crippen molar-refractivity contribution in [2.24, 2.45) is 5.92 Å². The highest BCUT2D eigenvalue weighted by molar-refractivity contribution is 7.07. The van der Waals surface area contributed by atoms with Crippen LogP contribution in [0.15, 0.2) is 28.7 Å². The van der Waals surface area contributed by atoms with Crippen LogP contribution in [0.25, 0.3) is 0 Å². The van der Waals surface area contributed by atoms with Crippen LogP contribution < -0.4 is 0 Å². The van der Waals surface area contributed by atoms with Crippen molar-refractivity contribution in [3.8, 4) is 0 Å². The number of aliphatic hydroxyl groups excluding tert-OH is 1. The molecule has 0 radical (unpaired) electrons. The highest BCUT2D eigenvalue weighted by atomic mass is 32.1. The van der Waals surface area contributed by atoms with E-state index in [4.69, 9.17) is 4.74 Å². The third-order valence-corrected chi connectivity index (χ3v) is 4.27. The molecule has 4 heteroatoms. The molecule has 0 fully saturated rings. The summed E-state index contributed by atoms with van der Waals surface area (Å²) in [6.07, 6.45) is 3.19. The summed E-state index contributed by atoms with van der Waals surface area (Å²) in [6, 6.07) is 2.08. The molecule has 1 aliphatic heterocycles. The summed E-state index contributed by atoms with van der Waals surface area (Å²) in [5.74, 6) is -0.126. The van der Waals surface area contributed by atoms with Crippen molar-refractivity contribution in [1.29, 1.82) is 0 Å². The highest BCUT2D eigenvalue weighted by Crippen LogP contribution is 2.36. The molecule has 2 heterocycles. The van der Waals surface area contributed by atoms with Gasteiger partial charge in [-0.3, -0.25) is 0 Å². The molecule has 0 aliphatic carbocycles. The van der Waals surface area contributed by atoms with Crippen molar-refractivity contribution in [3.63, 3.8) is 0 Å². The van der Waals surface area contributed by atoms with Gasteiger partial charge in [0.1, 0.15) is 11.4 Å².